The van der Waals surface area contributed by atoms with E-state index in [0.717, 1.165) is 5.56 Å². The predicted molar refractivity (Wildman–Crippen MR) is 110 cm³/mol. The average molecular weight is 431 g/mol. The molecule has 8 nitrogen and oxygen atoms in total. The minimum absolute atomic E-state index is 0.0294. The van der Waals surface area contributed by atoms with Crippen LogP contribution in [0.3, 0.4) is 0 Å². The van der Waals surface area contributed by atoms with E-state index < -0.39 is 26.3 Å². The third-order valence-electron chi connectivity index (χ3n) is 4.28. The SMILES string of the molecule is N[C@@H](COP(=O)(O)O)C(=O)Cc1ccc(OCc2ccccc2)c(-c2ccco2)c1. The second-order valence-electron chi connectivity index (χ2n) is 6.62. The molecule has 0 fully saturated rings. The second-order valence-corrected chi connectivity index (χ2v) is 7.86. The van der Waals surface area contributed by atoms with Crippen LogP contribution in [-0.2, 0) is 26.9 Å². The van der Waals surface area contributed by atoms with Gasteiger partial charge in [0.15, 0.2) is 5.78 Å². The summed E-state index contributed by atoms with van der Waals surface area (Å²) in [6, 6.07) is 17.4. The van der Waals surface area contributed by atoms with Gasteiger partial charge in [-0.2, -0.15) is 0 Å². The van der Waals surface area contributed by atoms with Crippen LogP contribution in [0, 0.1) is 0 Å². The number of furan rings is 1. The maximum Gasteiger partial charge on any atom is 0.469 e. The van der Waals surface area contributed by atoms with E-state index in [1.165, 1.54) is 0 Å². The molecule has 0 aliphatic rings. The molecule has 9 heteroatoms. The Labute approximate surface area is 173 Å². The number of benzene rings is 2. The van der Waals surface area contributed by atoms with Crippen LogP contribution in [0.4, 0.5) is 0 Å². The van der Waals surface area contributed by atoms with Crippen molar-refractivity contribution in [1.29, 1.82) is 0 Å². The number of carbonyl (C=O) groups excluding carboxylic acids is 1. The number of phosphoric ester groups is 1. The maximum atomic E-state index is 12.3. The van der Waals surface area contributed by atoms with Gasteiger partial charge in [-0.3, -0.25) is 9.32 Å². The molecule has 1 aromatic heterocycles. The topological polar surface area (TPSA) is 132 Å². The molecule has 1 atom stereocenters. The number of Topliss-reactive ketones (excluding diaryl/α,β-unsaturated/α-hetero) is 1. The lowest BCUT2D eigenvalue weighted by Gasteiger charge is -2.14. The van der Waals surface area contributed by atoms with Crippen LogP contribution in [-0.4, -0.2) is 28.2 Å². The van der Waals surface area contributed by atoms with Gasteiger partial charge >= 0.3 is 7.82 Å². The summed E-state index contributed by atoms with van der Waals surface area (Å²) in [7, 11) is -4.68. The Kier molecular flexibility index (Phi) is 7.20. The summed E-state index contributed by atoms with van der Waals surface area (Å²) in [5.41, 5.74) is 8.04. The zero-order valence-corrected chi connectivity index (χ0v) is 16.9. The molecule has 0 saturated heterocycles. The fraction of sp³-hybridized carbons (Fsp3) is 0.190. The highest BCUT2D eigenvalue weighted by molar-refractivity contribution is 7.46. The van der Waals surface area contributed by atoms with Crippen LogP contribution in [0.25, 0.3) is 11.3 Å². The van der Waals surface area contributed by atoms with Crippen LogP contribution >= 0.6 is 7.82 Å². The number of hydrogen-bond acceptors (Lipinski definition) is 6. The molecule has 0 saturated carbocycles. The minimum atomic E-state index is -4.68. The van der Waals surface area contributed by atoms with Gasteiger partial charge in [-0.1, -0.05) is 36.4 Å². The molecule has 1 heterocycles. The van der Waals surface area contributed by atoms with E-state index in [9.17, 15) is 9.36 Å². The zero-order chi connectivity index (χ0) is 21.6. The normalized spacial score (nSPS) is 12.5. The standard InChI is InChI=1S/C21H22NO7P/c22-18(14-29-30(24,25)26)19(23)12-16-8-9-21(17(11-16)20-7-4-10-27-20)28-13-15-5-2-1-3-6-15/h1-11,18H,12-14,22H2,(H2,24,25,26)/t18-/m0/s1. The van der Waals surface area contributed by atoms with E-state index in [1.807, 2.05) is 30.3 Å². The number of nitrogens with two attached hydrogens (primary N) is 1. The number of rotatable bonds is 10. The molecule has 4 N–H and O–H groups in total. The average Bonchev–Trinajstić information content (AvgIpc) is 3.26. The van der Waals surface area contributed by atoms with Gasteiger partial charge in [-0.25, -0.2) is 4.57 Å². The van der Waals surface area contributed by atoms with E-state index in [1.54, 1.807) is 36.6 Å². The van der Waals surface area contributed by atoms with Gasteiger partial charge < -0.3 is 24.7 Å². The Hall–Kier alpha value is -2.74. The highest BCUT2D eigenvalue weighted by atomic mass is 31.2. The first-order chi connectivity index (χ1) is 14.3. The zero-order valence-electron chi connectivity index (χ0n) is 16.0. The van der Waals surface area contributed by atoms with E-state index in [-0.39, 0.29) is 6.42 Å². The quantitative estimate of drug-likeness (QED) is 0.417. The van der Waals surface area contributed by atoms with E-state index in [2.05, 4.69) is 4.52 Å². The summed E-state index contributed by atoms with van der Waals surface area (Å²) in [5.74, 6) is 0.771. The first kappa shape index (κ1) is 22.0. The minimum Gasteiger partial charge on any atom is -0.488 e. The number of ether oxygens (including phenoxy) is 1. The molecule has 0 aliphatic heterocycles. The Morgan fingerprint density at radius 1 is 1.07 bits per heavy atom. The molecule has 158 valence electrons. The molecule has 0 spiro atoms. The lowest BCUT2D eigenvalue weighted by Crippen LogP contribution is -2.36. The summed E-state index contributed by atoms with van der Waals surface area (Å²) in [6.07, 6.45) is 1.52. The number of carbonyl (C=O) groups is 1. The van der Waals surface area contributed by atoms with Gasteiger partial charge in [0.2, 0.25) is 0 Å². The summed E-state index contributed by atoms with van der Waals surface area (Å²) in [4.78, 5) is 29.8. The van der Waals surface area contributed by atoms with E-state index in [0.29, 0.717) is 29.2 Å². The monoisotopic (exact) mass is 431 g/mol. The third-order valence-corrected chi connectivity index (χ3v) is 4.77. The maximum absolute atomic E-state index is 12.3. The number of phosphoric acid groups is 1. The lowest BCUT2D eigenvalue weighted by molar-refractivity contribution is -0.120. The predicted octanol–water partition coefficient (Wildman–Crippen LogP) is 3.07. The van der Waals surface area contributed by atoms with Gasteiger partial charge in [0, 0.05) is 6.42 Å². The summed E-state index contributed by atoms with van der Waals surface area (Å²) in [5, 5.41) is 0. The van der Waals surface area contributed by atoms with Crippen molar-refractivity contribution in [2.24, 2.45) is 5.73 Å². The highest BCUT2D eigenvalue weighted by Crippen LogP contribution is 2.36. The molecule has 0 bridgehead atoms. The van der Waals surface area contributed by atoms with Crippen LogP contribution in [0.2, 0.25) is 0 Å². The molecule has 3 aromatic rings. The molecule has 3 rings (SSSR count). The van der Waals surface area contributed by atoms with Gasteiger partial charge in [0.05, 0.1) is 24.5 Å². The number of hydrogen-bond donors (Lipinski definition) is 3. The highest BCUT2D eigenvalue weighted by Gasteiger charge is 2.21. The third kappa shape index (κ3) is 6.38. The summed E-state index contributed by atoms with van der Waals surface area (Å²) in [6.45, 7) is -0.191. The van der Waals surface area contributed by atoms with Crippen molar-refractivity contribution in [3.8, 4) is 17.1 Å². The van der Waals surface area contributed by atoms with E-state index >= 15 is 0 Å². The molecular weight excluding hydrogens is 409 g/mol. The van der Waals surface area contributed by atoms with Crippen molar-refractivity contribution in [2.45, 2.75) is 19.1 Å². The molecular formula is C21H22NO7P. The fourth-order valence-electron chi connectivity index (χ4n) is 2.78. The summed E-state index contributed by atoms with van der Waals surface area (Å²) >= 11 is 0. The van der Waals surface area contributed by atoms with Crippen LogP contribution < -0.4 is 10.5 Å². The Bertz CT molecular complexity index is 1020. The molecule has 0 aliphatic carbocycles. The Morgan fingerprint density at radius 2 is 1.83 bits per heavy atom. The first-order valence-corrected chi connectivity index (χ1v) is 10.7. The largest absolute Gasteiger partial charge is 0.488 e. The van der Waals surface area contributed by atoms with Gasteiger partial charge in [0.25, 0.3) is 0 Å². The van der Waals surface area contributed by atoms with E-state index in [4.69, 9.17) is 24.7 Å². The lowest BCUT2D eigenvalue weighted by atomic mass is 10.0. The molecule has 0 unspecified atom stereocenters. The van der Waals surface area contributed by atoms with Crippen molar-refractivity contribution >= 4 is 13.6 Å². The van der Waals surface area contributed by atoms with Crippen LogP contribution in [0.5, 0.6) is 5.75 Å². The first-order valence-electron chi connectivity index (χ1n) is 9.14. The van der Waals surface area contributed by atoms with Crippen molar-refractivity contribution in [3.05, 3.63) is 78.1 Å². The van der Waals surface area contributed by atoms with Gasteiger partial charge in [-0.05, 0) is 35.4 Å². The van der Waals surface area contributed by atoms with Gasteiger partial charge in [0.1, 0.15) is 18.1 Å². The van der Waals surface area contributed by atoms with Gasteiger partial charge in [-0.15, -0.1) is 0 Å². The van der Waals surface area contributed by atoms with Crippen LogP contribution in [0.1, 0.15) is 11.1 Å². The molecule has 30 heavy (non-hydrogen) atoms. The van der Waals surface area contributed by atoms with Crippen molar-refractivity contribution < 1.29 is 32.8 Å². The second kappa shape index (κ2) is 9.84. The summed E-state index contributed by atoms with van der Waals surface area (Å²) < 4.78 is 26.5. The Balaban J connectivity index is 1.74. The molecule has 2 aromatic carbocycles. The van der Waals surface area contributed by atoms with Crippen molar-refractivity contribution in [2.75, 3.05) is 6.61 Å². The number of ketones is 1. The van der Waals surface area contributed by atoms with Crippen molar-refractivity contribution in [1.82, 2.24) is 0 Å². The van der Waals surface area contributed by atoms with Crippen molar-refractivity contribution in [3.63, 3.8) is 0 Å². The Morgan fingerprint density at radius 3 is 2.50 bits per heavy atom. The van der Waals surface area contributed by atoms with Crippen LogP contribution in [0.15, 0.2) is 71.3 Å². The molecule has 0 amide bonds. The fourth-order valence-corrected chi connectivity index (χ4v) is 3.13. The molecule has 0 radical (unpaired) electrons. The smallest absolute Gasteiger partial charge is 0.469 e.